The van der Waals surface area contributed by atoms with Crippen molar-refractivity contribution in [2.75, 3.05) is 26.7 Å². The summed E-state index contributed by atoms with van der Waals surface area (Å²) in [5.41, 5.74) is 1.80. The van der Waals surface area contributed by atoms with Gasteiger partial charge in [-0.25, -0.2) is 0 Å². The molecule has 100 valence electrons. The van der Waals surface area contributed by atoms with Crippen molar-refractivity contribution < 1.29 is 0 Å². The van der Waals surface area contributed by atoms with Gasteiger partial charge in [-0.05, 0) is 64.1 Å². The van der Waals surface area contributed by atoms with E-state index in [1.54, 1.807) is 5.57 Å². The fourth-order valence-electron chi connectivity index (χ4n) is 5.24. The Morgan fingerprint density at radius 1 is 1.17 bits per heavy atom. The molecule has 0 aromatic heterocycles. The highest BCUT2D eigenvalue weighted by atomic mass is 15.2. The van der Waals surface area contributed by atoms with Gasteiger partial charge in [0, 0.05) is 18.6 Å². The molecule has 3 heterocycles. The van der Waals surface area contributed by atoms with Crippen LogP contribution in [0.3, 0.4) is 0 Å². The number of fused-ring (bicyclic) bond motifs is 6. The van der Waals surface area contributed by atoms with E-state index in [4.69, 9.17) is 0 Å². The van der Waals surface area contributed by atoms with Crippen LogP contribution >= 0.6 is 0 Å². The number of likely N-dealkylation sites (N-methyl/N-ethyl adjacent to an activating group) is 1. The lowest BCUT2D eigenvalue weighted by Crippen LogP contribution is -2.58. The number of nitrogens with zero attached hydrogens (tertiary/aromatic N) is 2. The lowest BCUT2D eigenvalue weighted by atomic mass is 9.68. The maximum Gasteiger partial charge on any atom is 0.0345 e. The molecule has 0 N–H and O–H groups in total. The first-order chi connectivity index (χ1) is 8.83. The van der Waals surface area contributed by atoms with E-state index in [1.165, 1.54) is 58.2 Å². The molecule has 4 atom stereocenters. The zero-order valence-corrected chi connectivity index (χ0v) is 11.6. The van der Waals surface area contributed by atoms with Crippen molar-refractivity contribution >= 4 is 0 Å². The van der Waals surface area contributed by atoms with Gasteiger partial charge in [0.25, 0.3) is 0 Å². The van der Waals surface area contributed by atoms with Crippen LogP contribution in [0.2, 0.25) is 0 Å². The predicted molar refractivity (Wildman–Crippen MR) is 74.5 cm³/mol. The summed E-state index contributed by atoms with van der Waals surface area (Å²) in [5, 5.41) is 0. The summed E-state index contributed by atoms with van der Waals surface area (Å²) in [5.74, 6) is 1.82. The molecule has 0 saturated carbocycles. The van der Waals surface area contributed by atoms with E-state index < -0.39 is 0 Å². The molecule has 0 aromatic carbocycles. The standard InChI is InChI=1S/C16H26N2/c1-17-7-4-5-12-9-13-10-14(16(12)17)11-18-8-3-2-6-15(13)18/h9,13-16H,2-8,10-11H2,1H3/t13-,14+,15-,16-/m1/s1. The average molecular weight is 246 g/mol. The van der Waals surface area contributed by atoms with Gasteiger partial charge in [-0.15, -0.1) is 0 Å². The van der Waals surface area contributed by atoms with Crippen LogP contribution in [0.25, 0.3) is 0 Å². The molecule has 3 fully saturated rings. The first-order valence-electron chi connectivity index (χ1n) is 7.98. The molecule has 4 aliphatic rings. The summed E-state index contributed by atoms with van der Waals surface area (Å²) in [7, 11) is 2.35. The van der Waals surface area contributed by atoms with E-state index in [9.17, 15) is 0 Å². The fourth-order valence-corrected chi connectivity index (χ4v) is 5.24. The Kier molecular flexibility index (Phi) is 2.77. The minimum Gasteiger partial charge on any atom is -0.299 e. The number of likely N-dealkylation sites (tertiary alicyclic amines) is 1. The number of piperidine rings is 3. The van der Waals surface area contributed by atoms with Crippen molar-refractivity contribution in [2.24, 2.45) is 11.8 Å². The predicted octanol–water partition coefficient (Wildman–Crippen LogP) is 2.51. The topological polar surface area (TPSA) is 6.48 Å². The normalized spacial score (nSPS) is 45.1. The zero-order valence-electron chi connectivity index (χ0n) is 11.6. The smallest absolute Gasteiger partial charge is 0.0345 e. The number of hydrogen-bond donors (Lipinski definition) is 0. The van der Waals surface area contributed by atoms with E-state index >= 15 is 0 Å². The van der Waals surface area contributed by atoms with E-state index in [2.05, 4.69) is 22.9 Å². The van der Waals surface area contributed by atoms with Crippen LogP contribution < -0.4 is 0 Å². The van der Waals surface area contributed by atoms with Gasteiger partial charge in [0.2, 0.25) is 0 Å². The lowest BCUT2D eigenvalue weighted by molar-refractivity contribution is 0.00520. The van der Waals surface area contributed by atoms with E-state index in [1.807, 2.05) is 0 Å². The Balaban J connectivity index is 1.66. The highest BCUT2D eigenvalue weighted by Crippen LogP contribution is 2.44. The number of rotatable bonds is 0. The van der Waals surface area contributed by atoms with Gasteiger partial charge < -0.3 is 0 Å². The van der Waals surface area contributed by atoms with Crippen LogP contribution in [0.4, 0.5) is 0 Å². The van der Waals surface area contributed by atoms with Gasteiger partial charge in [0.05, 0.1) is 0 Å². The highest BCUT2D eigenvalue weighted by Gasteiger charge is 2.44. The molecule has 1 aliphatic carbocycles. The van der Waals surface area contributed by atoms with Crippen molar-refractivity contribution in [3.05, 3.63) is 11.6 Å². The summed E-state index contributed by atoms with van der Waals surface area (Å²) in [6.07, 6.45) is 11.3. The fraction of sp³-hybridized carbons (Fsp3) is 0.875. The quantitative estimate of drug-likeness (QED) is 0.606. The molecule has 4 rings (SSSR count). The van der Waals surface area contributed by atoms with Crippen LogP contribution in [0, 0.1) is 11.8 Å². The second-order valence-corrected chi connectivity index (χ2v) is 6.99. The van der Waals surface area contributed by atoms with Gasteiger partial charge in [-0.2, -0.15) is 0 Å². The Bertz CT molecular complexity index is 362. The summed E-state index contributed by atoms with van der Waals surface area (Å²) in [4.78, 5) is 5.47. The third kappa shape index (κ3) is 1.69. The molecule has 2 bridgehead atoms. The van der Waals surface area contributed by atoms with Gasteiger partial charge in [0.15, 0.2) is 0 Å². The molecule has 0 aromatic rings. The number of hydrogen-bond acceptors (Lipinski definition) is 2. The van der Waals surface area contributed by atoms with E-state index in [0.717, 1.165) is 23.9 Å². The first-order valence-corrected chi connectivity index (χ1v) is 7.98. The Morgan fingerprint density at radius 3 is 3.06 bits per heavy atom. The van der Waals surface area contributed by atoms with Crippen LogP contribution in [0.5, 0.6) is 0 Å². The van der Waals surface area contributed by atoms with Gasteiger partial charge in [-0.1, -0.05) is 18.1 Å². The first kappa shape index (κ1) is 11.5. The monoisotopic (exact) mass is 246 g/mol. The molecule has 18 heavy (non-hydrogen) atoms. The Hall–Kier alpha value is -0.340. The maximum absolute atomic E-state index is 2.83. The van der Waals surface area contributed by atoms with Crippen molar-refractivity contribution in [3.63, 3.8) is 0 Å². The maximum atomic E-state index is 2.83. The van der Waals surface area contributed by atoms with E-state index in [-0.39, 0.29) is 0 Å². The molecule has 3 aliphatic heterocycles. The molecule has 0 spiro atoms. The second kappa shape index (κ2) is 4.35. The molecular weight excluding hydrogens is 220 g/mol. The SMILES string of the molecule is CN1CCCC2=C[C@@H]3C[C@@H](CN4CCCC[C@H]34)[C@@H]21. The van der Waals surface area contributed by atoms with Crippen LogP contribution in [-0.2, 0) is 0 Å². The van der Waals surface area contributed by atoms with E-state index in [0.29, 0.717) is 0 Å². The second-order valence-electron chi connectivity index (χ2n) is 6.99. The minimum absolute atomic E-state index is 0.790. The third-order valence-electron chi connectivity index (χ3n) is 5.91. The average Bonchev–Trinajstić information content (AvgIpc) is 2.39. The van der Waals surface area contributed by atoms with Crippen molar-refractivity contribution in [2.45, 2.75) is 50.6 Å². The summed E-state index contributed by atoms with van der Waals surface area (Å²) in [6.45, 7) is 4.07. The molecular formula is C16H26N2. The molecule has 2 heteroatoms. The van der Waals surface area contributed by atoms with Crippen LogP contribution in [-0.4, -0.2) is 48.6 Å². The van der Waals surface area contributed by atoms with Crippen molar-refractivity contribution in [1.29, 1.82) is 0 Å². The molecule has 0 amide bonds. The Morgan fingerprint density at radius 2 is 2.11 bits per heavy atom. The highest BCUT2D eigenvalue weighted by molar-refractivity contribution is 5.23. The largest absolute Gasteiger partial charge is 0.299 e. The van der Waals surface area contributed by atoms with Crippen LogP contribution in [0.1, 0.15) is 38.5 Å². The van der Waals surface area contributed by atoms with Crippen molar-refractivity contribution in [3.8, 4) is 0 Å². The van der Waals surface area contributed by atoms with Gasteiger partial charge >= 0.3 is 0 Å². The summed E-state index contributed by atoms with van der Waals surface area (Å²) >= 11 is 0. The summed E-state index contributed by atoms with van der Waals surface area (Å²) in [6, 6.07) is 1.69. The van der Waals surface area contributed by atoms with Crippen molar-refractivity contribution in [1.82, 2.24) is 9.80 Å². The molecule has 3 saturated heterocycles. The molecule has 2 nitrogen and oxygen atoms in total. The minimum atomic E-state index is 0.790. The molecule has 0 radical (unpaired) electrons. The lowest BCUT2D eigenvalue weighted by Gasteiger charge is -2.54. The van der Waals surface area contributed by atoms with Gasteiger partial charge in [-0.3, -0.25) is 9.80 Å². The third-order valence-corrected chi connectivity index (χ3v) is 5.91. The summed E-state index contributed by atoms with van der Waals surface area (Å²) < 4.78 is 0. The Labute approximate surface area is 111 Å². The molecule has 0 unspecified atom stereocenters. The van der Waals surface area contributed by atoms with Crippen LogP contribution in [0.15, 0.2) is 11.6 Å². The van der Waals surface area contributed by atoms with Gasteiger partial charge in [0.1, 0.15) is 0 Å². The zero-order chi connectivity index (χ0) is 12.1.